The minimum Gasteiger partial charge on any atom is -0.309 e. The highest BCUT2D eigenvalue weighted by atomic mass is 15.0. The third kappa shape index (κ3) is 4.57. The van der Waals surface area contributed by atoms with E-state index in [0.29, 0.717) is 5.39 Å². The molecular formula is C48H32N2. The van der Waals surface area contributed by atoms with Gasteiger partial charge in [-0.1, -0.05) is 139 Å². The van der Waals surface area contributed by atoms with Crippen molar-refractivity contribution in [3.8, 4) is 44.8 Å². The molecule has 0 spiro atoms. The van der Waals surface area contributed by atoms with Gasteiger partial charge in [-0.25, -0.2) is 0 Å². The van der Waals surface area contributed by atoms with Crippen LogP contribution in [0, 0.1) is 0 Å². The van der Waals surface area contributed by atoms with E-state index in [0.717, 1.165) is 77.4 Å². The van der Waals surface area contributed by atoms with Crippen molar-refractivity contribution < 1.29 is 4.11 Å². The van der Waals surface area contributed by atoms with Gasteiger partial charge in [0.25, 0.3) is 0 Å². The second kappa shape index (κ2) is 11.5. The van der Waals surface area contributed by atoms with E-state index in [1.54, 1.807) is 6.07 Å². The second-order valence-electron chi connectivity index (χ2n) is 12.8. The first-order valence-corrected chi connectivity index (χ1v) is 16.9. The molecule has 0 aliphatic carbocycles. The zero-order chi connectivity index (χ0) is 35.6. The van der Waals surface area contributed by atoms with Gasteiger partial charge in [0.1, 0.15) is 0 Å². The fourth-order valence-electron chi connectivity index (χ4n) is 7.56. The molecule has 234 valence electrons. The van der Waals surface area contributed by atoms with E-state index in [9.17, 15) is 0 Å². The van der Waals surface area contributed by atoms with Crippen molar-refractivity contribution in [2.45, 2.75) is 0 Å². The van der Waals surface area contributed by atoms with Gasteiger partial charge >= 0.3 is 0 Å². The van der Waals surface area contributed by atoms with Gasteiger partial charge in [0, 0.05) is 32.9 Å². The van der Waals surface area contributed by atoms with Crippen molar-refractivity contribution in [3.05, 3.63) is 194 Å². The molecule has 0 saturated carbocycles. The zero-order valence-electron chi connectivity index (χ0n) is 30.1. The smallest absolute Gasteiger partial charge is 0.0630 e. The van der Waals surface area contributed by atoms with Gasteiger partial charge in [-0.2, -0.15) is 0 Å². The Morgan fingerprint density at radius 1 is 0.300 bits per heavy atom. The Bertz CT molecular complexity index is 3020. The average Bonchev–Trinajstić information content (AvgIpc) is 3.72. The molecule has 10 rings (SSSR count). The number of hydrogen-bond acceptors (Lipinski definition) is 0. The van der Waals surface area contributed by atoms with E-state index in [1.807, 2.05) is 30.3 Å². The molecule has 0 aliphatic rings. The van der Waals surface area contributed by atoms with Crippen LogP contribution in [-0.2, 0) is 0 Å². The molecule has 0 aliphatic heterocycles. The number of rotatable bonds is 5. The summed E-state index contributed by atoms with van der Waals surface area (Å²) in [6.07, 6.45) is 0. The lowest BCUT2D eigenvalue weighted by Gasteiger charge is -2.12. The van der Waals surface area contributed by atoms with Crippen molar-refractivity contribution in [1.82, 2.24) is 9.13 Å². The molecule has 0 radical (unpaired) electrons. The molecule has 0 atom stereocenters. The first kappa shape index (κ1) is 25.4. The van der Waals surface area contributed by atoms with Crippen LogP contribution in [0.25, 0.3) is 88.4 Å². The number of hydrogen-bond donors (Lipinski definition) is 0. The van der Waals surface area contributed by atoms with E-state index in [4.69, 9.17) is 4.11 Å². The van der Waals surface area contributed by atoms with Gasteiger partial charge in [-0.3, -0.25) is 0 Å². The monoisotopic (exact) mass is 639 g/mol. The Balaban J connectivity index is 1.25. The van der Waals surface area contributed by atoms with Gasteiger partial charge in [0.15, 0.2) is 0 Å². The van der Waals surface area contributed by atoms with Gasteiger partial charge < -0.3 is 9.13 Å². The highest BCUT2D eigenvalue weighted by molar-refractivity contribution is 6.13. The zero-order valence-corrected chi connectivity index (χ0v) is 27.1. The lowest BCUT2D eigenvalue weighted by molar-refractivity contribution is 1.17. The fourth-order valence-corrected chi connectivity index (χ4v) is 7.56. The maximum absolute atomic E-state index is 9.05. The number of aromatic nitrogens is 2. The molecule has 2 nitrogen and oxygen atoms in total. The first-order chi connectivity index (χ1) is 26.0. The first-order valence-electron chi connectivity index (χ1n) is 18.4. The fraction of sp³-hybridized carbons (Fsp3) is 0. The van der Waals surface area contributed by atoms with Crippen molar-refractivity contribution >= 4 is 43.6 Å². The quantitative estimate of drug-likeness (QED) is 0.177. The van der Waals surface area contributed by atoms with E-state index in [2.05, 4.69) is 149 Å². The number of fused-ring (bicyclic) bond motifs is 6. The minimum atomic E-state index is -0.0628. The molecular weight excluding hydrogens is 605 g/mol. The van der Waals surface area contributed by atoms with E-state index in [1.165, 1.54) is 5.56 Å². The minimum absolute atomic E-state index is 0.0410. The molecule has 0 N–H and O–H groups in total. The number of nitrogens with zero attached hydrogens (tertiary/aromatic N) is 2. The molecule has 0 fully saturated rings. The van der Waals surface area contributed by atoms with Crippen LogP contribution in [0.1, 0.15) is 4.11 Å². The number of benzene rings is 8. The van der Waals surface area contributed by atoms with Crippen LogP contribution >= 0.6 is 0 Å². The molecule has 2 heteroatoms. The summed E-state index contributed by atoms with van der Waals surface area (Å²) in [6, 6.07) is 61.4. The van der Waals surface area contributed by atoms with Crippen molar-refractivity contribution in [1.29, 1.82) is 0 Å². The topological polar surface area (TPSA) is 9.86 Å². The molecule has 0 bridgehead atoms. The molecule has 0 amide bonds. The summed E-state index contributed by atoms with van der Waals surface area (Å²) in [5, 5.41) is 3.82. The Morgan fingerprint density at radius 3 is 1.52 bits per heavy atom. The molecule has 2 aromatic heterocycles. The van der Waals surface area contributed by atoms with Crippen LogP contribution in [0.2, 0.25) is 0 Å². The molecule has 2 heterocycles. The Hall–Kier alpha value is -6.64. The van der Waals surface area contributed by atoms with Gasteiger partial charge in [0.05, 0.1) is 26.2 Å². The number of para-hydroxylation sites is 1. The van der Waals surface area contributed by atoms with Gasteiger partial charge in [-0.05, 0) is 88.0 Å². The second-order valence-corrected chi connectivity index (χ2v) is 12.8. The summed E-state index contributed by atoms with van der Waals surface area (Å²) >= 11 is 0. The van der Waals surface area contributed by atoms with Crippen LogP contribution in [0.5, 0.6) is 0 Å². The summed E-state index contributed by atoms with van der Waals surface area (Å²) in [5.74, 6) is 0. The summed E-state index contributed by atoms with van der Waals surface area (Å²) < 4.78 is 30.8. The van der Waals surface area contributed by atoms with E-state index >= 15 is 0 Å². The largest absolute Gasteiger partial charge is 0.309 e. The third-order valence-electron chi connectivity index (χ3n) is 9.91. The summed E-state index contributed by atoms with van der Waals surface area (Å²) in [5.41, 5.74) is 12.7. The normalized spacial score (nSPS) is 12.4. The Labute approximate surface area is 294 Å². The van der Waals surface area contributed by atoms with Crippen LogP contribution in [0.15, 0.2) is 194 Å². The van der Waals surface area contributed by atoms with Crippen molar-refractivity contribution in [2.75, 3.05) is 0 Å². The van der Waals surface area contributed by atoms with Gasteiger partial charge in [0.2, 0.25) is 0 Å². The highest BCUT2D eigenvalue weighted by Gasteiger charge is 2.18. The van der Waals surface area contributed by atoms with Crippen LogP contribution in [0.3, 0.4) is 0 Å². The molecule has 0 unspecified atom stereocenters. The lowest BCUT2D eigenvalue weighted by Crippen LogP contribution is -1.96. The lowest BCUT2D eigenvalue weighted by atomic mass is 10.0. The molecule has 10 aromatic rings. The summed E-state index contributed by atoms with van der Waals surface area (Å²) in [7, 11) is 0. The van der Waals surface area contributed by atoms with E-state index < -0.39 is 0 Å². The van der Waals surface area contributed by atoms with Crippen LogP contribution in [0.4, 0.5) is 0 Å². The maximum Gasteiger partial charge on any atom is 0.0630 e. The SMILES string of the molecule is [2H]c1cc2c(c([2H])c1[2H])c1cc(-c3ccccc3)ccc1n2-c1ccc2c(c1)c1ccc(-c3ccccc3)cc1n2-c1cccc(-c2ccccc2)c1. The Kier molecular flexibility index (Phi) is 5.84. The van der Waals surface area contributed by atoms with Crippen molar-refractivity contribution in [3.63, 3.8) is 0 Å². The van der Waals surface area contributed by atoms with Crippen molar-refractivity contribution in [2.24, 2.45) is 0 Å². The predicted molar refractivity (Wildman–Crippen MR) is 211 cm³/mol. The van der Waals surface area contributed by atoms with Crippen LogP contribution in [-0.4, -0.2) is 9.13 Å². The van der Waals surface area contributed by atoms with Crippen LogP contribution < -0.4 is 0 Å². The standard InChI is InChI=1S/C48H32N2/c1-4-13-33(14-5-1)36-19-12-20-39(29-36)50-47-28-25-40(32-44(47)42-26-23-38(31-48(42)50)35-17-8-3-9-18-35)49-45-22-11-10-21-41(45)43-30-37(24-27-46(43)49)34-15-6-2-7-16-34/h1-32H/i10D,11D,21D. The molecule has 0 saturated heterocycles. The molecule has 8 aromatic carbocycles. The highest BCUT2D eigenvalue weighted by Crippen LogP contribution is 2.39. The average molecular weight is 640 g/mol. The Morgan fingerprint density at radius 2 is 0.820 bits per heavy atom. The summed E-state index contributed by atoms with van der Waals surface area (Å²) in [6.45, 7) is 0. The van der Waals surface area contributed by atoms with Gasteiger partial charge in [-0.15, -0.1) is 0 Å². The molecule has 50 heavy (non-hydrogen) atoms. The third-order valence-corrected chi connectivity index (χ3v) is 9.91. The van der Waals surface area contributed by atoms with E-state index in [-0.39, 0.29) is 18.1 Å². The summed E-state index contributed by atoms with van der Waals surface area (Å²) in [4.78, 5) is 0. The maximum atomic E-state index is 9.05. The predicted octanol–water partition coefficient (Wildman–Crippen LogP) is 12.9.